The van der Waals surface area contributed by atoms with Crippen molar-refractivity contribution in [1.82, 2.24) is 0 Å². The maximum atomic E-state index is 11.1. The number of carbonyl (C=O) groups excluding carboxylic acids is 1. The van der Waals surface area contributed by atoms with Crippen LogP contribution in [0.3, 0.4) is 0 Å². The number of carbonyl (C=O) groups is 1. The minimum absolute atomic E-state index is 0.183. The molecule has 2 N–H and O–H groups in total. The summed E-state index contributed by atoms with van der Waals surface area (Å²) in [6.45, 7) is 1.99. The summed E-state index contributed by atoms with van der Waals surface area (Å²) in [7, 11) is 1.22. The van der Waals surface area contributed by atoms with Gasteiger partial charge in [-0.2, -0.15) is 0 Å². The van der Waals surface area contributed by atoms with E-state index in [0.717, 1.165) is 12.0 Å². The SMILES string of the molecule is CCCc1cc(C(O)C(=O)OC)ccc1O. The molecule has 0 saturated heterocycles. The van der Waals surface area contributed by atoms with Gasteiger partial charge in [0, 0.05) is 0 Å². The molecule has 0 spiro atoms. The van der Waals surface area contributed by atoms with Crippen LogP contribution in [-0.4, -0.2) is 23.3 Å². The number of benzene rings is 1. The number of esters is 1. The molecule has 0 radical (unpaired) electrons. The fourth-order valence-corrected chi connectivity index (χ4v) is 1.49. The Morgan fingerprint density at radius 3 is 2.75 bits per heavy atom. The van der Waals surface area contributed by atoms with Crippen LogP contribution in [0.15, 0.2) is 18.2 Å². The zero-order chi connectivity index (χ0) is 12.1. The van der Waals surface area contributed by atoms with Crippen LogP contribution in [0.4, 0.5) is 0 Å². The summed E-state index contributed by atoms with van der Waals surface area (Å²) in [5.74, 6) is -0.518. The van der Waals surface area contributed by atoms with Crippen LogP contribution in [0.25, 0.3) is 0 Å². The van der Waals surface area contributed by atoms with Crippen LogP contribution in [-0.2, 0) is 16.0 Å². The van der Waals surface area contributed by atoms with Crippen molar-refractivity contribution in [3.63, 3.8) is 0 Å². The number of hydrogen-bond donors (Lipinski definition) is 2. The smallest absolute Gasteiger partial charge is 0.339 e. The first-order valence-corrected chi connectivity index (χ1v) is 5.17. The van der Waals surface area contributed by atoms with E-state index in [-0.39, 0.29) is 5.75 Å². The maximum Gasteiger partial charge on any atom is 0.339 e. The topological polar surface area (TPSA) is 66.8 Å². The van der Waals surface area contributed by atoms with Gasteiger partial charge in [-0.25, -0.2) is 4.79 Å². The highest BCUT2D eigenvalue weighted by Crippen LogP contribution is 2.24. The second-order valence-corrected chi connectivity index (χ2v) is 3.56. The molecule has 0 aliphatic heterocycles. The zero-order valence-corrected chi connectivity index (χ0v) is 9.43. The third-order valence-electron chi connectivity index (χ3n) is 2.36. The molecule has 0 saturated carbocycles. The molecule has 0 heterocycles. The summed E-state index contributed by atoms with van der Waals surface area (Å²) < 4.78 is 4.45. The quantitative estimate of drug-likeness (QED) is 0.761. The number of ether oxygens (including phenoxy) is 1. The van der Waals surface area contributed by atoms with Gasteiger partial charge in [-0.15, -0.1) is 0 Å². The first-order valence-electron chi connectivity index (χ1n) is 5.17. The third-order valence-corrected chi connectivity index (χ3v) is 2.36. The minimum Gasteiger partial charge on any atom is -0.508 e. The Morgan fingerprint density at radius 2 is 2.19 bits per heavy atom. The fourth-order valence-electron chi connectivity index (χ4n) is 1.49. The van der Waals surface area contributed by atoms with Crippen molar-refractivity contribution in [2.75, 3.05) is 7.11 Å². The van der Waals surface area contributed by atoms with Gasteiger partial charge in [0.2, 0.25) is 0 Å². The molecule has 4 heteroatoms. The maximum absolute atomic E-state index is 11.1. The van der Waals surface area contributed by atoms with Gasteiger partial charge in [0.25, 0.3) is 0 Å². The Labute approximate surface area is 94.5 Å². The van der Waals surface area contributed by atoms with Gasteiger partial charge in [0.05, 0.1) is 7.11 Å². The number of phenols is 1. The van der Waals surface area contributed by atoms with Crippen molar-refractivity contribution < 1.29 is 19.7 Å². The molecular weight excluding hydrogens is 208 g/mol. The number of aliphatic hydroxyl groups excluding tert-OH is 1. The van der Waals surface area contributed by atoms with E-state index in [9.17, 15) is 15.0 Å². The Bertz CT molecular complexity index is 373. The van der Waals surface area contributed by atoms with Crippen LogP contribution in [0.1, 0.15) is 30.6 Å². The lowest BCUT2D eigenvalue weighted by Gasteiger charge is -2.11. The van der Waals surface area contributed by atoms with Gasteiger partial charge in [0.15, 0.2) is 6.10 Å². The molecule has 0 aromatic heterocycles. The highest BCUT2D eigenvalue weighted by Gasteiger charge is 2.18. The van der Waals surface area contributed by atoms with Gasteiger partial charge in [-0.05, 0) is 29.7 Å². The van der Waals surface area contributed by atoms with Crippen LogP contribution in [0, 0.1) is 0 Å². The summed E-state index contributed by atoms with van der Waals surface area (Å²) in [5, 5.41) is 19.2. The lowest BCUT2D eigenvalue weighted by molar-refractivity contribution is -0.150. The highest BCUT2D eigenvalue weighted by molar-refractivity contribution is 5.76. The summed E-state index contributed by atoms with van der Waals surface area (Å²) in [6.07, 6.45) is 0.292. The molecule has 16 heavy (non-hydrogen) atoms. The van der Waals surface area contributed by atoms with E-state index in [4.69, 9.17) is 0 Å². The van der Waals surface area contributed by atoms with Crippen molar-refractivity contribution in [3.8, 4) is 5.75 Å². The van der Waals surface area contributed by atoms with Crippen LogP contribution >= 0.6 is 0 Å². The average Bonchev–Trinajstić information content (AvgIpc) is 2.30. The van der Waals surface area contributed by atoms with Crippen molar-refractivity contribution in [2.45, 2.75) is 25.9 Å². The summed E-state index contributed by atoms with van der Waals surface area (Å²) >= 11 is 0. The molecule has 4 nitrogen and oxygen atoms in total. The second kappa shape index (κ2) is 5.51. The predicted octanol–water partition coefficient (Wildman–Crippen LogP) is 1.55. The van der Waals surface area contributed by atoms with Crippen LogP contribution < -0.4 is 0 Å². The van der Waals surface area contributed by atoms with Gasteiger partial charge >= 0.3 is 5.97 Å². The van der Waals surface area contributed by atoms with E-state index >= 15 is 0 Å². The van der Waals surface area contributed by atoms with Crippen molar-refractivity contribution in [2.24, 2.45) is 0 Å². The summed E-state index contributed by atoms with van der Waals surface area (Å²) in [6, 6.07) is 4.61. The van der Waals surface area contributed by atoms with Gasteiger partial charge < -0.3 is 14.9 Å². The van der Waals surface area contributed by atoms with Gasteiger partial charge in [-0.3, -0.25) is 0 Å². The number of aliphatic hydroxyl groups is 1. The molecule has 0 aliphatic rings. The van der Waals surface area contributed by atoms with Crippen LogP contribution in [0.2, 0.25) is 0 Å². The monoisotopic (exact) mass is 224 g/mol. The predicted molar refractivity (Wildman–Crippen MR) is 59.1 cm³/mol. The van der Waals surface area contributed by atoms with Crippen molar-refractivity contribution >= 4 is 5.97 Å². The normalized spacial score (nSPS) is 12.2. The Kier molecular flexibility index (Phi) is 4.31. The van der Waals surface area contributed by atoms with E-state index in [2.05, 4.69) is 4.74 Å². The summed E-state index contributed by atoms with van der Waals surface area (Å²) in [4.78, 5) is 11.1. The number of phenolic OH excluding ortho intramolecular Hbond substituents is 1. The van der Waals surface area contributed by atoms with Crippen molar-refractivity contribution in [1.29, 1.82) is 0 Å². The molecule has 0 amide bonds. The molecule has 0 fully saturated rings. The molecule has 1 unspecified atom stereocenters. The van der Waals surface area contributed by atoms with Gasteiger partial charge in [0.1, 0.15) is 5.75 Å². The van der Waals surface area contributed by atoms with E-state index in [1.807, 2.05) is 6.92 Å². The molecule has 1 aromatic carbocycles. The number of aromatic hydroxyl groups is 1. The second-order valence-electron chi connectivity index (χ2n) is 3.56. The molecule has 0 aliphatic carbocycles. The number of hydrogen-bond acceptors (Lipinski definition) is 4. The first kappa shape index (κ1) is 12.5. The molecule has 1 atom stereocenters. The Morgan fingerprint density at radius 1 is 1.50 bits per heavy atom. The molecule has 0 bridgehead atoms. The minimum atomic E-state index is -1.29. The van der Waals surface area contributed by atoms with E-state index in [1.165, 1.54) is 19.2 Å². The van der Waals surface area contributed by atoms with Crippen molar-refractivity contribution in [3.05, 3.63) is 29.3 Å². The number of rotatable bonds is 4. The molecule has 88 valence electrons. The summed E-state index contributed by atoms with van der Waals surface area (Å²) in [5.41, 5.74) is 1.16. The highest BCUT2D eigenvalue weighted by atomic mass is 16.5. The van der Waals surface area contributed by atoms with Gasteiger partial charge in [-0.1, -0.05) is 19.4 Å². The zero-order valence-electron chi connectivity index (χ0n) is 9.43. The number of methoxy groups -OCH3 is 1. The molecule has 1 rings (SSSR count). The average molecular weight is 224 g/mol. The standard InChI is InChI=1S/C12H16O4/c1-3-4-8-7-9(5-6-10(8)13)11(14)12(15)16-2/h5-7,11,13-14H,3-4H2,1-2H3. The lowest BCUT2D eigenvalue weighted by atomic mass is 10.0. The third kappa shape index (κ3) is 2.73. The van der Waals surface area contributed by atoms with E-state index in [0.29, 0.717) is 12.0 Å². The Hall–Kier alpha value is -1.55. The number of aryl methyl sites for hydroxylation is 1. The van der Waals surface area contributed by atoms with E-state index < -0.39 is 12.1 Å². The first-order chi connectivity index (χ1) is 7.60. The Balaban J connectivity index is 2.97. The molecule has 1 aromatic rings. The fraction of sp³-hybridized carbons (Fsp3) is 0.417. The van der Waals surface area contributed by atoms with E-state index in [1.54, 1.807) is 6.07 Å². The largest absolute Gasteiger partial charge is 0.508 e. The molecular formula is C12H16O4. The van der Waals surface area contributed by atoms with Crippen LogP contribution in [0.5, 0.6) is 5.75 Å². The lowest BCUT2D eigenvalue weighted by Crippen LogP contribution is -2.13.